The molecular weight excluding hydrogens is 461 g/mol. The number of rotatable bonds is 8. The highest BCUT2D eigenvalue weighted by molar-refractivity contribution is 7.13. The largest absolute Gasteiger partial charge is 0.488 e. The first kappa shape index (κ1) is 24.5. The molecule has 3 aromatic carbocycles. The highest BCUT2D eigenvalue weighted by atomic mass is 32.1. The van der Waals surface area contributed by atoms with Crippen LogP contribution >= 0.6 is 11.3 Å². The number of nitrogens with zero attached hydrogens (tertiary/aromatic N) is 2. The van der Waals surface area contributed by atoms with Crippen LogP contribution in [-0.2, 0) is 4.79 Å². The smallest absolute Gasteiger partial charge is 0.232 e. The standard InChI is InChI=1S/C28H28FN3O2S/c1-18(2)34-24-15-14-22(16-23(24)29)19-10-12-21(13-11-19)25(20-8-6-5-7-9-20)28(3,4)26(33)31-27-32-30-17-35-27/h5-18,25H,1-4H3,(H,31,32,33). The Hall–Kier alpha value is -3.58. The Bertz CT molecular complexity index is 1270. The topological polar surface area (TPSA) is 64.1 Å². The van der Waals surface area contributed by atoms with Gasteiger partial charge < -0.3 is 10.1 Å². The Morgan fingerprint density at radius 1 is 0.971 bits per heavy atom. The Kier molecular flexibility index (Phi) is 7.26. The number of halogens is 1. The number of aromatic nitrogens is 2. The van der Waals surface area contributed by atoms with Crippen LogP contribution in [0.4, 0.5) is 9.52 Å². The lowest BCUT2D eigenvalue weighted by Crippen LogP contribution is -2.37. The maximum Gasteiger partial charge on any atom is 0.232 e. The zero-order valence-electron chi connectivity index (χ0n) is 20.2. The Balaban J connectivity index is 1.66. The summed E-state index contributed by atoms with van der Waals surface area (Å²) in [4.78, 5) is 13.3. The van der Waals surface area contributed by atoms with Crippen molar-refractivity contribution in [2.24, 2.45) is 5.41 Å². The molecule has 1 amide bonds. The van der Waals surface area contributed by atoms with Crippen molar-refractivity contribution in [2.75, 3.05) is 5.32 Å². The second-order valence-electron chi connectivity index (χ2n) is 9.20. The molecule has 0 radical (unpaired) electrons. The number of anilines is 1. The van der Waals surface area contributed by atoms with Gasteiger partial charge in [0, 0.05) is 5.92 Å². The number of ether oxygens (including phenoxy) is 1. The van der Waals surface area contributed by atoms with E-state index in [0.717, 1.165) is 22.3 Å². The Morgan fingerprint density at radius 2 is 1.63 bits per heavy atom. The lowest BCUT2D eigenvalue weighted by Gasteiger charge is -2.33. The van der Waals surface area contributed by atoms with Crippen molar-refractivity contribution in [1.82, 2.24) is 10.2 Å². The Labute approximate surface area is 209 Å². The minimum Gasteiger partial charge on any atom is -0.488 e. The van der Waals surface area contributed by atoms with E-state index in [1.807, 2.05) is 88.4 Å². The van der Waals surface area contributed by atoms with E-state index in [1.165, 1.54) is 17.4 Å². The van der Waals surface area contributed by atoms with Crippen LogP contribution in [-0.4, -0.2) is 22.2 Å². The van der Waals surface area contributed by atoms with E-state index in [9.17, 15) is 9.18 Å². The molecule has 4 rings (SSSR count). The molecule has 0 aliphatic heterocycles. The van der Waals surface area contributed by atoms with E-state index in [2.05, 4.69) is 15.5 Å². The van der Waals surface area contributed by atoms with Crippen LogP contribution in [0.3, 0.4) is 0 Å². The molecule has 0 spiro atoms. The SMILES string of the molecule is CC(C)Oc1ccc(-c2ccc(C(c3ccccc3)C(C)(C)C(=O)Nc3nncs3)cc2)cc1F. The summed E-state index contributed by atoms with van der Waals surface area (Å²) in [7, 11) is 0. The molecule has 180 valence electrons. The maximum atomic E-state index is 14.5. The maximum absolute atomic E-state index is 14.5. The van der Waals surface area contributed by atoms with Gasteiger partial charge in [-0.25, -0.2) is 4.39 Å². The van der Waals surface area contributed by atoms with Crippen LogP contribution < -0.4 is 10.1 Å². The second-order valence-corrected chi connectivity index (χ2v) is 10.0. The molecule has 0 aliphatic carbocycles. The van der Waals surface area contributed by atoms with Crippen molar-refractivity contribution in [3.8, 4) is 16.9 Å². The molecule has 1 heterocycles. The lowest BCUT2D eigenvalue weighted by molar-refractivity contribution is -0.124. The van der Waals surface area contributed by atoms with E-state index in [0.29, 0.717) is 5.13 Å². The molecule has 5 nitrogen and oxygen atoms in total. The van der Waals surface area contributed by atoms with Crippen molar-refractivity contribution in [3.63, 3.8) is 0 Å². The van der Waals surface area contributed by atoms with Crippen LogP contribution in [0, 0.1) is 11.2 Å². The molecule has 1 aromatic heterocycles. The van der Waals surface area contributed by atoms with Crippen molar-refractivity contribution < 1.29 is 13.9 Å². The van der Waals surface area contributed by atoms with Gasteiger partial charge in [0.05, 0.1) is 11.5 Å². The van der Waals surface area contributed by atoms with Crippen LogP contribution in [0.1, 0.15) is 44.7 Å². The quantitative estimate of drug-likeness (QED) is 0.292. The number of hydrogen-bond acceptors (Lipinski definition) is 5. The molecule has 0 saturated carbocycles. The third-order valence-electron chi connectivity index (χ3n) is 5.89. The number of amides is 1. The fourth-order valence-corrected chi connectivity index (χ4v) is 4.63. The van der Waals surface area contributed by atoms with Crippen molar-refractivity contribution in [2.45, 2.75) is 39.7 Å². The first-order valence-corrected chi connectivity index (χ1v) is 12.3. The zero-order valence-corrected chi connectivity index (χ0v) is 21.0. The molecule has 0 fully saturated rings. The van der Waals surface area contributed by atoms with Gasteiger partial charge in [0.25, 0.3) is 0 Å². The predicted octanol–water partition coefficient (Wildman–Crippen LogP) is 6.93. The van der Waals surface area contributed by atoms with Crippen molar-refractivity contribution in [1.29, 1.82) is 0 Å². The summed E-state index contributed by atoms with van der Waals surface area (Å²) in [5, 5.41) is 11.1. The van der Waals surface area contributed by atoms with E-state index in [1.54, 1.807) is 11.6 Å². The van der Waals surface area contributed by atoms with Gasteiger partial charge in [-0.2, -0.15) is 0 Å². The fourth-order valence-electron chi connectivity index (χ4n) is 4.19. The Morgan fingerprint density at radius 3 is 2.23 bits per heavy atom. The van der Waals surface area contributed by atoms with Crippen LogP contribution in [0.5, 0.6) is 5.75 Å². The molecular formula is C28H28FN3O2S. The van der Waals surface area contributed by atoms with Crippen LogP contribution in [0.15, 0.2) is 78.3 Å². The van der Waals surface area contributed by atoms with Gasteiger partial charge in [-0.1, -0.05) is 85.8 Å². The van der Waals surface area contributed by atoms with Gasteiger partial charge in [-0.05, 0) is 48.2 Å². The van der Waals surface area contributed by atoms with E-state index in [-0.39, 0.29) is 23.7 Å². The summed E-state index contributed by atoms with van der Waals surface area (Å²) >= 11 is 1.28. The number of nitrogens with one attached hydrogen (secondary N) is 1. The first-order chi connectivity index (χ1) is 16.8. The average Bonchev–Trinajstić information content (AvgIpc) is 3.34. The number of carbonyl (C=O) groups is 1. The molecule has 0 saturated heterocycles. The van der Waals surface area contributed by atoms with Gasteiger partial charge in [0.1, 0.15) is 5.51 Å². The van der Waals surface area contributed by atoms with E-state index in [4.69, 9.17) is 4.74 Å². The number of hydrogen-bond donors (Lipinski definition) is 1. The number of carbonyl (C=O) groups excluding carboxylic acids is 1. The third-order valence-corrected chi connectivity index (χ3v) is 6.50. The summed E-state index contributed by atoms with van der Waals surface area (Å²) in [6.07, 6.45) is -0.100. The minimum atomic E-state index is -0.795. The summed E-state index contributed by atoms with van der Waals surface area (Å²) in [5.74, 6) is -0.510. The molecule has 0 bridgehead atoms. The normalized spacial score (nSPS) is 12.4. The molecule has 0 aliphatic rings. The number of benzene rings is 3. The first-order valence-electron chi connectivity index (χ1n) is 11.4. The molecule has 7 heteroatoms. The van der Waals surface area contributed by atoms with Crippen molar-refractivity contribution >= 4 is 22.4 Å². The monoisotopic (exact) mass is 489 g/mol. The summed E-state index contributed by atoms with van der Waals surface area (Å²) < 4.78 is 20.1. The third kappa shape index (κ3) is 5.57. The predicted molar refractivity (Wildman–Crippen MR) is 138 cm³/mol. The summed E-state index contributed by atoms with van der Waals surface area (Å²) in [5.41, 5.74) is 4.44. The summed E-state index contributed by atoms with van der Waals surface area (Å²) in [6.45, 7) is 7.59. The molecule has 1 N–H and O–H groups in total. The lowest BCUT2D eigenvalue weighted by atomic mass is 9.70. The highest BCUT2D eigenvalue weighted by Crippen LogP contribution is 2.42. The molecule has 1 atom stereocenters. The van der Waals surface area contributed by atoms with Gasteiger partial charge in [0.2, 0.25) is 11.0 Å². The minimum absolute atomic E-state index is 0.100. The molecule has 1 unspecified atom stereocenters. The second kappa shape index (κ2) is 10.4. The fraction of sp³-hybridized carbons (Fsp3) is 0.250. The van der Waals surface area contributed by atoms with Crippen molar-refractivity contribution in [3.05, 3.63) is 95.3 Å². The molecule has 4 aromatic rings. The van der Waals surface area contributed by atoms with E-state index < -0.39 is 11.2 Å². The highest BCUT2D eigenvalue weighted by Gasteiger charge is 2.39. The summed E-state index contributed by atoms with van der Waals surface area (Å²) in [6, 6.07) is 22.9. The molecule has 35 heavy (non-hydrogen) atoms. The van der Waals surface area contributed by atoms with Crippen LogP contribution in [0.2, 0.25) is 0 Å². The van der Waals surface area contributed by atoms with Gasteiger partial charge in [0.15, 0.2) is 11.6 Å². The average molecular weight is 490 g/mol. The van der Waals surface area contributed by atoms with Crippen LogP contribution in [0.25, 0.3) is 11.1 Å². The van der Waals surface area contributed by atoms with Gasteiger partial charge in [-0.15, -0.1) is 10.2 Å². The van der Waals surface area contributed by atoms with E-state index >= 15 is 0 Å². The zero-order chi connectivity index (χ0) is 25.0. The van der Waals surface area contributed by atoms with Gasteiger partial charge >= 0.3 is 0 Å². The van der Waals surface area contributed by atoms with Gasteiger partial charge in [-0.3, -0.25) is 4.79 Å².